The van der Waals surface area contributed by atoms with Crippen LogP contribution in [0.3, 0.4) is 0 Å². The summed E-state index contributed by atoms with van der Waals surface area (Å²) in [6.45, 7) is 10.4. The van der Waals surface area contributed by atoms with Gasteiger partial charge in [-0.2, -0.15) is 0 Å². The highest BCUT2D eigenvalue weighted by molar-refractivity contribution is 5.92. The van der Waals surface area contributed by atoms with Gasteiger partial charge in [0.2, 0.25) is 5.91 Å². The molecular weight excluding hydrogens is 375 g/mol. The Labute approximate surface area is 179 Å². The molecular formula is C26H33FN2O. The topological polar surface area (TPSA) is 42.0 Å². The number of halogens is 1. The molecule has 0 radical (unpaired) electrons. The van der Waals surface area contributed by atoms with Crippen LogP contribution >= 0.6 is 0 Å². The summed E-state index contributed by atoms with van der Waals surface area (Å²) in [6.07, 6.45) is 7.57. The second kappa shape index (κ2) is 7.79. The molecule has 4 heteroatoms. The summed E-state index contributed by atoms with van der Waals surface area (Å²) in [4.78, 5) is 17.0. The van der Waals surface area contributed by atoms with Crippen molar-refractivity contribution in [2.45, 2.75) is 59.4 Å². The van der Waals surface area contributed by atoms with Crippen molar-refractivity contribution in [1.29, 1.82) is 0 Å². The first kappa shape index (κ1) is 21.0. The third kappa shape index (κ3) is 4.14. The number of carbonyl (C=O) groups is 1. The predicted molar refractivity (Wildman–Crippen MR) is 120 cm³/mol. The van der Waals surface area contributed by atoms with Crippen molar-refractivity contribution in [3.63, 3.8) is 0 Å². The predicted octanol–water partition coefficient (Wildman–Crippen LogP) is 5.99. The largest absolute Gasteiger partial charge is 0.351 e. The van der Waals surface area contributed by atoms with Gasteiger partial charge in [0.1, 0.15) is 5.82 Å². The zero-order valence-corrected chi connectivity index (χ0v) is 18.7. The molecule has 30 heavy (non-hydrogen) atoms. The molecule has 5 atom stereocenters. The molecule has 0 saturated heterocycles. The lowest BCUT2D eigenvalue weighted by Crippen LogP contribution is -2.45. The van der Waals surface area contributed by atoms with Crippen LogP contribution in [0.15, 0.2) is 36.5 Å². The van der Waals surface area contributed by atoms with E-state index < -0.39 is 0 Å². The van der Waals surface area contributed by atoms with Gasteiger partial charge in [0.05, 0.1) is 5.52 Å². The molecule has 2 aliphatic carbocycles. The fraction of sp³-hybridized carbons (Fsp3) is 0.538. The number of fused-ring (bicyclic) bond motifs is 2. The van der Waals surface area contributed by atoms with Crippen molar-refractivity contribution in [1.82, 2.24) is 10.3 Å². The Hall–Kier alpha value is -2.23. The zero-order valence-electron chi connectivity index (χ0n) is 18.7. The third-order valence-corrected chi connectivity index (χ3v) is 7.18. The van der Waals surface area contributed by atoms with E-state index in [0.29, 0.717) is 23.7 Å². The normalized spacial score (nSPS) is 25.7. The highest BCUT2D eigenvalue weighted by Gasteiger charge is 2.41. The summed E-state index contributed by atoms with van der Waals surface area (Å²) < 4.78 is 13.8. The number of aromatic nitrogens is 1. The van der Waals surface area contributed by atoms with Crippen LogP contribution in [-0.2, 0) is 4.79 Å². The number of allylic oxidation sites excluding steroid dienone is 2. The van der Waals surface area contributed by atoms with E-state index >= 15 is 0 Å². The molecule has 1 fully saturated rings. The molecule has 0 bridgehead atoms. The number of nitrogens with zero attached hydrogens (tertiary/aromatic N) is 1. The van der Waals surface area contributed by atoms with Gasteiger partial charge in [-0.1, -0.05) is 19.9 Å². The Morgan fingerprint density at radius 2 is 1.97 bits per heavy atom. The minimum atomic E-state index is -0.216. The van der Waals surface area contributed by atoms with Crippen molar-refractivity contribution in [3.05, 3.63) is 47.9 Å². The van der Waals surface area contributed by atoms with Crippen molar-refractivity contribution in [2.24, 2.45) is 29.6 Å². The summed E-state index contributed by atoms with van der Waals surface area (Å²) in [7, 11) is 0. The van der Waals surface area contributed by atoms with E-state index in [-0.39, 0.29) is 23.2 Å². The first-order valence-electron chi connectivity index (χ1n) is 11.2. The van der Waals surface area contributed by atoms with Crippen molar-refractivity contribution in [3.8, 4) is 0 Å². The van der Waals surface area contributed by atoms with Gasteiger partial charge in [-0.25, -0.2) is 4.39 Å². The molecule has 3 nitrogen and oxygen atoms in total. The zero-order chi connectivity index (χ0) is 21.6. The quantitative estimate of drug-likeness (QED) is 0.675. The lowest BCUT2D eigenvalue weighted by Gasteiger charge is -2.29. The second-order valence-electron chi connectivity index (χ2n) is 10.5. The van der Waals surface area contributed by atoms with Gasteiger partial charge in [0.25, 0.3) is 0 Å². The highest BCUT2D eigenvalue weighted by atomic mass is 19.1. The third-order valence-electron chi connectivity index (χ3n) is 7.18. The Bertz CT molecular complexity index is 990. The fourth-order valence-corrected chi connectivity index (χ4v) is 5.41. The first-order chi connectivity index (χ1) is 14.1. The Balaban J connectivity index is 1.48. The van der Waals surface area contributed by atoms with Crippen LogP contribution in [0.4, 0.5) is 4.39 Å². The van der Waals surface area contributed by atoms with Crippen LogP contribution in [0, 0.1) is 35.4 Å². The van der Waals surface area contributed by atoms with Crippen molar-refractivity contribution < 1.29 is 9.18 Å². The summed E-state index contributed by atoms with van der Waals surface area (Å²) >= 11 is 0. The maximum atomic E-state index is 13.8. The molecule has 2 unspecified atom stereocenters. The summed E-state index contributed by atoms with van der Waals surface area (Å²) in [5, 5.41) is 4.04. The van der Waals surface area contributed by atoms with Gasteiger partial charge in [0, 0.05) is 23.0 Å². The lowest BCUT2D eigenvalue weighted by molar-refractivity contribution is -0.128. The highest BCUT2D eigenvalue weighted by Crippen LogP contribution is 2.51. The second-order valence-corrected chi connectivity index (χ2v) is 10.5. The molecule has 1 N–H and O–H groups in total. The molecule has 1 heterocycles. The molecule has 2 aliphatic rings. The van der Waals surface area contributed by atoms with Gasteiger partial charge >= 0.3 is 0 Å². The average Bonchev–Trinajstić information content (AvgIpc) is 3.24. The van der Waals surface area contributed by atoms with Crippen LogP contribution < -0.4 is 5.32 Å². The minimum absolute atomic E-state index is 0.0172. The number of pyridine rings is 1. The first-order valence-corrected chi connectivity index (χ1v) is 11.2. The van der Waals surface area contributed by atoms with Crippen LogP contribution in [0.2, 0.25) is 0 Å². The Kier molecular flexibility index (Phi) is 5.46. The molecule has 0 spiro atoms. The number of benzene rings is 1. The van der Waals surface area contributed by atoms with E-state index in [1.807, 2.05) is 33.0 Å². The summed E-state index contributed by atoms with van der Waals surface area (Å²) in [5.41, 5.74) is 3.10. The van der Waals surface area contributed by atoms with Crippen LogP contribution in [-0.4, -0.2) is 16.4 Å². The SMILES string of the molecule is CC(C1C[C@@H]2CC(c3ccnc4ccc(F)cc34)=C[C@@H]2C1)[C@H](C)C(=O)NC(C)(C)C. The maximum Gasteiger partial charge on any atom is 0.223 e. The van der Waals surface area contributed by atoms with Gasteiger partial charge in [-0.05, 0) is 99.1 Å². The molecule has 2 aromatic rings. The molecule has 1 aromatic carbocycles. The van der Waals surface area contributed by atoms with Gasteiger partial charge in [-0.3, -0.25) is 9.78 Å². The van der Waals surface area contributed by atoms with Gasteiger partial charge in [0.15, 0.2) is 0 Å². The lowest BCUT2D eigenvalue weighted by atomic mass is 9.80. The van der Waals surface area contributed by atoms with E-state index in [0.717, 1.165) is 35.7 Å². The van der Waals surface area contributed by atoms with E-state index in [9.17, 15) is 9.18 Å². The fourth-order valence-electron chi connectivity index (χ4n) is 5.41. The minimum Gasteiger partial charge on any atom is -0.351 e. The van der Waals surface area contributed by atoms with Crippen LogP contribution in [0.1, 0.15) is 59.4 Å². The molecule has 1 amide bonds. The van der Waals surface area contributed by atoms with E-state index in [1.165, 1.54) is 11.6 Å². The number of carbonyl (C=O) groups excluding carboxylic acids is 1. The van der Waals surface area contributed by atoms with Crippen LogP contribution in [0.5, 0.6) is 0 Å². The maximum absolute atomic E-state index is 13.8. The number of nitrogens with one attached hydrogen (secondary N) is 1. The average molecular weight is 409 g/mol. The number of rotatable bonds is 4. The molecule has 160 valence electrons. The summed E-state index contributed by atoms with van der Waals surface area (Å²) in [6, 6.07) is 6.85. The number of hydrogen-bond donors (Lipinski definition) is 1. The number of amides is 1. The van der Waals surface area contributed by atoms with Gasteiger partial charge < -0.3 is 5.32 Å². The van der Waals surface area contributed by atoms with E-state index in [1.54, 1.807) is 12.1 Å². The monoisotopic (exact) mass is 408 g/mol. The van der Waals surface area contributed by atoms with E-state index in [4.69, 9.17) is 0 Å². The molecule has 0 aliphatic heterocycles. The van der Waals surface area contributed by atoms with Crippen LogP contribution in [0.25, 0.3) is 16.5 Å². The molecule has 1 saturated carbocycles. The molecule has 4 rings (SSSR count). The Morgan fingerprint density at radius 3 is 2.67 bits per heavy atom. The number of hydrogen-bond acceptors (Lipinski definition) is 2. The van der Waals surface area contributed by atoms with Crippen molar-refractivity contribution >= 4 is 22.4 Å². The van der Waals surface area contributed by atoms with Gasteiger partial charge in [-0.15, -0.1) is 0 Å². The smallest absolute Gasteiger partial charge is 0.223 e. The van der Waals surface area contributed by atoms with Crippen molar-refractivity contribution in [2.75, 3.05) is 0 Å². The van der Waals surface area contributed by atoms with E-state index in [2.05, 4.69) is 30.2 Å². The standard InChI is InChI=1S/C26H33FN2O/c1-15(16(2)25(30)29-26(3,4)5)17-10-18-12-20(13-19(18)11-17)22-8-9-28-24-7-6-21(27)14-23(22)24/h6-9,12,14-19H,10-11,13H2,1-5H3,(H,29,30)/t15?,16-,17?,18-,19+/m0/s1. The molecule has 1 aromatic heterocycles. The summed E-state index contributed by atoms with van der Waals surface area (Å²) in [5.74, 6) is 2.09. The Morgan fingerprint density at radius 1 is 1.20 bits per heavy atom.